The minimum atomic E-state index is 0.442. The van der Waals surface area contributed by atoms with E-state index in [0.29, 0.717) is 12.1 Å². The molecule has 0 N–H and O–H groups in total. The maximum Gasteiger partial charge on any atom is 0.225 e. The molecule has 0 bridgehead atoms. The van der Waals surface area contributed by atoms with Gasteiger partial charge >= 0.3 is 0 Å². The zero-order chi connectivity index (χ0) is 15.8. The van der Waals surface area contributed by atoms with Crippen LogP contribution in [0.15, 0.2) is 30.5 Å². The molecule has 4 nitrogen and oxygen atoms in total. The molecule has 0 saturated heterocycles. The van der Waals surface area contributed by atoms with E-state index in [1.807, 2.05) is 52.0 Å². The Hall–Kier alpha value is -1.29. The highest BCUT2D eigenvalue weighted by molar-refractivity contribution is 7.19. The molecule has 114 valence electrons. The van der Waals surface area contributed by atoms with Gasteiger partial charge in [-0.1, -0.05) is 39.8 Å². The lowest BCUT2D eigenvalue weighted by molar-refractivity contribution is -0.575. The quantitative estimate of drug-likeness (QED) is 0.398. The summed E-state index contributed by atoms with van der Waals surface area (Å²) < 4.78 is 6.88. The second kappa shape index (κ2) is 8.88. The van der Waals surface area contributed by atoms with Crippen molar-refractivity contribution in [1.82, 2.24) is 4.98 Å². The smallest absolute Gasteiger partial charge is 0.225 e. The van der Waals surface area contributed by atoms with Crippen LogP contribution in [-0.4, -0.2) is 4.98 Å². The molecule has 0 radical (unpaired) electrons. The number of benzene rings is 1. The van der Waals surface area contributed by atoms with Crippen LogP contribution in [0.25, 0.3) is 21.1 Å². The predicted octanol–water partition coefficient (Wildman–Crippen LogP) is 4.44. The highest BCUT2D eigenvalue weighted by atomic mass is 32.1. The van der Waals surface area contributed by atoms with Gasteiger partial charge < -0.3 is 9.73 Å². The molecule has 0 spiro atoms. The van der Waals surface area contributed by atoms with Crippen molar-refractivity contribution in [2.24, 2.45) is 0 Å². The first kappa shape index (κ1) is 17.8. The first-order valence-corrected chi connectivity index (χ1v) is 8.30. The Balaban J connectivity index is 0.000000510. The number of hydrogen-bond donors (Lipinski definition) is 0. The zero-order valence-corrected chi connectivity index (χ0v) is 14.8. The molecule has 0 aliphatic heterocycles. The number of hydrogen-bond acceptors (Lipinski definition) is 4. The first-order valence-electron chi connectivity index (χ1n) is 7.01. The lowest BCUT2D eigenvalue weighted by atomic mass is 10.2. The van der Waals surface area contributed by atoms with Gasteiger partial charge in [0.15, 0.2) is 0 Å². The van der Waals surface area contributed by atoms with Crippen LogP contribution in [-0.2, 0) is 11.1 Å². The molecule has 1 unspecified atom stereocenters. The molecule has 0 fully saturated rings. The highest BCUT2D eigenvalue weighted by Gasteiger charge is 2.13. The summed E-state index contributed by atoms with van der Waals surface area (Å²) >= 11 is 1.56. The number of para-hydroxylation sites is 1. The molecule has 2 heterocycles. The van der Waals surface area contributed by atoms with Crippen LogP contribution >= 0.6 is 20.8 Å². The summed E-state index contributed by atoms with van der Waals surface area (Å²) in [5.74, 6) is 0. The summed E-state index contributed by atoms with van der Waals surface area (Å²) in [6.07, 6.45) is 1.51. The fourth-order valence-electron chi connectivity index (χ4n) is 1.83. The normalized spacial score (nSPS) is 9.76. The summed E-state index contributed by atoms with van der Waals surface area (Å²) in [5.41, 5.74) is 1.39. The fourth-order valence-corrected chi connectivity index (χ4v) is 3.10. The van der Waals surface area contributed by atoms with Crippen LogP contribution < -0.4 is 4.73 Å². The Labute approximate surface area is 131 Å². The number of rotatable bonds is 2. The Morgan fingerprint density at radius 2 is 1.90 bits per heavy atom. The van der Waals surface area contributed by atoms with Crippen molar-refractivity contribution in [2.45, 2.75) is 34.3 Å². The predicted molar refractivity (Wildman–Crippen MR) is 93.3 cm³/mol. The molecule has 3 rings (SSSR count). The fraction of sp³-hybridized carbons (Fsp3) is 0.333. The molecule has 0 aliphatic rings. The van der Waals surface area contributed by atoms with Crippen LogP contribution in [0.1, 0.15) is 32.7 Å². The maximum absolute atomic E-state index is 11.8. The second-order valence-corrected chi connectivity index (χ2v) is 5.02. The summed E-state index contributed by atoms with van der Waals surface area (Å²) in [7, 11) is 2.20. The highest BCUT2D eigenvalue weighted by Crippen LogP contribution is 2.28. The third-order valence-corrected chi connectivity index (χ3v) is 3.77. The molecule has 3 aromatic rings. The minimum absolute atomic E-state index is 0.442. The summed E-state index contributed by atoms with van der Waals surface area (Å²) in [6, 6.07) is 7.53. The van der Waals surface area contributed by atoms with Crippen molar-refractivity contribution in [3.05, 3.63) is 40.7 Å². The van der Waals surface area contributed by atoms with Crippen LogP contribution in [0, 0.1) is 5.21 Å². The second-order valence-electron chi connectivity index (χ2n) is 3.61. The monoisotopic (exact) mass is 324 g/mol. The number of pyridine rings is 1. The van der Waals surface area contributed by atoms with Gasteiger partial charge in [-0.2, -0.15) is 4.73 Å². The number of aromatic nitrogens is 2. The van der Waals surface area contributed by atoms with Gasteiger partial charge in [0.1, 0.15) is 17.1 Å². The van der Waals surface area contributed by atoms with Gasteiger partial charge in [-0.05, 0) is 6.07 Å². The SMILES string of the molecule is CC.CC.[O-][n+]1cc2nc(COP)sc2c2ccccc21. The Bertz CT molecular complexity index is 701. The van der Waals surface area contributed by atoms with E-state index >= 15 is 0 Å². The molecule has 1 atom stereocenters. The Morgan fingerprint density at radius 1 is 1.24 bits per heavy atom. The van der Waals surface area contributed by atoms with E-state index in [1.54, 1.807) is 11.3 Å². The molecule has 6 heteroatoms. The molecule has 0 saturated carbocycles. The van der Waals surface area contributed by atoms with Crippen LogP contribution in [0.5, 0.6) is 0 Å². The molecule has 0 amide bonds. The molecule has 2 aromatic heterocycles. The first-order chi connectivity index (χ1) is 10.3. The van der Waals surface area contributed by atoms with Gasteiger partial charge in [-0.15, -0.1) is 11.3 Å². The van der Waals surface area contributed by atoms with Gasteiger partial charge in [-0.3, -0.25) is 0 Å². The third kappa shape index (κ3) is 3.88. The third-order valence-electron chi connectivity index (χ3n) is 2.53. The summed E-state index contributed by atoms with van der Waals surface area (Å²) in [5, 5.41) is 13.6. The van der Waals surface area contributed by atoms with E-state index in [2.05, 4.69) is 14.5 Å². The average molecular weight is 324 g/mol. The van der Waals surface area contributed by atoms with E-state index in [0.717, 1.165) is 25.3 Å². The number of fused-ring (bicyclic) bond motifs is 3. The minimum Gasteiger partial charge on any atom is -0.618 e. The number of nitrogens with zero attached hydrogens (tertiary/aromatic N) is 2. The van der Waals surface area contributed by atoms with Crippen molar-refractivity contribution in [2.75, 3.05) is 0 Å². The van der Waals surface area contributed by atoms with E-state index in [4.69, 9.17) is 4.52 Å². The number of thiazole rings is 1. The van der Waals surface area contributed by atoms with Crippen molar-refractivity contribution in [1.29, 1.82) is 0 Å². The van der Waals surface area contributed by atoms with Crippen molar-refractivity contribution < 1.29 is 9.25 Å². The van der Waals surface area contributed by atoms with Crippen LogP contribution in [0.3, 0.4) is 0 Å². The summed E-state index contributed by atoms with van der Waals surface area (Å²) in [4.78, 5) is 4.37. The lowest BCUT2D eigenvalue weighted by Crippen LogP contribution is -2.26. The largest absolute Gasteiger partial charge is 0.618 e. The van der Waals surface area contributed by atoms with Gasteiger partial charge in [0.2, 0.25) is 11.7 Å². The van der Waals surface area contributed by atoms with E-state index in [-0.39, 0.29) is 0 Å². The molecule has 1 aromatic carbocycles. The Kier molecular flexibility index (Phi) is 7.51. The van der Waals surface area contributed by atoms with E-state index in [1.165, 1.54) is 6.20 Å². The van der Waals surface area contributed by atoms with Crippen LogP contribution in [0.2, 0.25) is 0 Å². The van der Waals surface area contributed by atoms with Crippen LogP contribution in [0.4, 0.5) is 0 Å². The molecule has 21 heavy (non-hydrogen) atoms. The van der Waals surface area contributed by atoms with Crippen molar-refractivity contribution in [3.8, 4) is 0 Å². The molecular weight excluding hydrogens is 303 g/mol. The average Bonchev–Trinajstić information content (AvgIpc) is 2.95. The van der Waals surface area contributed by atoms with Gasteiger partial charge in [0.25, 0.3) is 0 Å². The maximum atomic E-state index is 11.8. The zero-order valence-electron chi connectivity index (χ0n) is 12.8. The molecular formula is C15H21N2O2PS. The van der Waals surface area contributed by atoms with E-state index < -0.39 is 0 Å². The van der Waals surface area contributed by atoms with E-state index in [9.17, 15) is 5.21 Å². The Morgan fingerprint density at radius 3 is 2.57 bits per heavy atom. The van der Waals surface area contributed by atoms with Gasteiger partial charge in [0.05, 0.1) is 10.1 Å². The van der Waals surface area contributed by atoms with Crippen molar-refractivity contribution >= 4 is 41.9 Å². The lowest BCUT2D eigenvalue weighted by Gasteiger charge is -2.00. The van der Waals surface area contributed by atoms with Gasteiger partial charge in [-0.25, -0.2) is 4.98 Å². The standard InChI is InChI=1S/C11H9N2O2PS.2C2H6/c14-13-5-8-11(17-10(12-8)6-15-16)7-3-1-2-4-9(7)13;2*1-2/h1-5H,6,16H2;2*1-2H3. The van der Waals surface area contributed by atoms with Crippen molar-refractivity contribution in [3.63, 3.8) is 0 Å². The summed E-state index contributed by atoms with van der Waals surface area (Å²) in [6.45, 7) is 8.44. The topological polar surface area (TPSA) is 49.1 Å². The molecule has 0 aliphatic carbocycles. The van der Waals surface area contributed by atoms with Gasteiger partial charge in [0, 0.05) is 15.5 Å².